The fraction of sp³-hybridized carbons (Fsp3) is 0.591. The average Bonchev–Trinajstić information content (AvgIpc) is 2.96. The Morgan fingerprint density at radius 3 is 2.52 bits per heavy atom. The summed E-state index contributed by atoms with van der Waals surface area (Å²) in [7, 11) is 0. The van der Waals surface area contributed by atoms with E-state index in [9.17, 15) is 14.4 Å². The number of nitrogens with one attached hydrogen (secondary N) is 2. The van der Waals surface area contributed by atoms with Gasteiger partial charge in [-0.3, -0.25) is 14.5 Å². The number of imide groups is 1. The van der Waals surface area contributed by atoms with Gasteiger partial charge in [-0.15, -0.1) is 0 Å². The van der Waals surface area contributed by atoms with Gasteiger partial charge in [0.25, 0.3) is 5.91 Å². The van der Waals surface area contributed by atoms with Gasteiger partial charge < -0.3 is 15.5 Å². The molecular formula is C22H30N4O3. The lowest BCUT2D eigenvalue weighted by atomic mass is 9.73. The fourth-order valence-corrected chi connectivity index (χ4v) is 4.89. The Morgan fingerprint density at radius 2 is 1.83 bits per heavy atom. The van der Waals surface area contributed by atoms with Gasteiger partial charge in [0, 0.05) is 24.5 Å². The maximum Gasteiger partial charge on any atom is 0.325 e. The zero-order chi connectivity index (χ0) is 20.4. The molecule has 7 heteroatoms. The van der Waals surface area contributed by atoms with Crippen LogP contribution in [0.25, 0.3) is 0 Å². The first-order valence-electron chi connectivity index (χ1n) is 10.8. The second kappa shape index (κ2) is 8.05. The zero-order valence-corrected chi connectivity index (χ0v) is 17.1. The van der Waals surface area contributed by atoms with E-state index in [1.807, 2.05) is 31.2 Å². The van der Waals surface area contributed by atoms with Crippen LogP contribution in [0.15, 0.2) is 24.3 Å². The number of carbonyl (C=O) groups is 3. The number of hydrogen-bond donors (Lipinski definition) is 2. The van der Waals surface area contributed by atoms with E-state index in [1.165, 1.54) is 19.3 Å². The van der Waals surface area contributed by atoms with Crippen LogP contribution in [0.4, 0.5) is 16.2 Å². The topological polar surface area (TPSA) is 81.8 Å². The van der Waals surface area contributed by atoms with Gasteiger partial charge in [0.15, 0.2) is 0 Å². The van der Waals surface area contributed by atoms with E-state index in [4.69, 9.17) is 0 Å². The molecule has 156 valence electrons. The molecule has 2 heterocycles. The van der Waals surface area contributed by atoms with Gasteiger partial charge in [0.1, 0.15) is 12.1 Å². The minimum absolute atomic E-state index is 0.0862. The van der Waals surface area contributed by atoms with Crippen molar-refractivity contribution in [3.63, 3.8) is 0 Å². The molecule has 2 N–H and O–H groups in total. The highest BCUT2D eigenvalue weighted by atomic mass is 16.2. The first kappa shape index (κ1) is 19.7. The summed E-state index contributed by atoms with van der Waals surface area (Å²) in [6, 6.07) is 7.30. The van der Waals surface area contributed by atoms with Crippen molar-refractivity contribution in [2.24, 2.45) is 5.92 Å². The number of hydrogen-bond acceptors (Lipinski definition) is 4. The molecule has 4 rings (SSSR count). The van der Waals surface area contributed by atoms with Gasteiger partial charge >= 0.3 is 6.03 Å². The molecule has 7 nitrogen and oxygen atoms in total. The van der Waals surface area contributed by atoms with Crippen LogP contribution >= 0.6 is 0 Å². The van der Waals surface area contributed by atoms with E-state index in [0.717, 1.165) is 42.9 Å². The van der Waals surface area contributed by atoms with E-state index in [2.05, 4.69) is 15.5 Å². The maximum atomic E-state index is 13.0. The predicted octanol–water partition coefficient (Wildman–Crippen LogP) is 3.12. The van der Waals surface area contributed by atoms with Crippen molar-refractivity contribution >= 4 is 29.2 Å². The number of benzene rings is 1. The number of rotatable bonds is 4. The Kier molecular flexibility index (Phi) is 5.48. The van der Waals surface area contributed by atoms with E-state index in [-0.39, 0.29) is 24.3 Å². The summed E-state index contributed by atoms with van der Waals surface area (Å²) in [5.74, 6) is -0.534. The maximum absolute atomic E-state index is 13.0. The third-order valence-corrected chi connectivity index (χ3v) is 6.68. The fourth-order valence-electron chi connectivity index (χ4n) is 4.89. The van der Waals surface area contributed by atoms with Gasteiger partial charge in [-0.1, -0.05) is 19.8 Å². The van der Waals surface area contributed by atoms with E-state index in [0.29, 0.717) is 12.1 Å². The smallest absolute Gasteiger partial charge is 0.325 e. The molecule has 0 bridgehead atoms. The highest BCUT2D eigenvalue weighted by molar-refractivity contribution is 6.10. The molecule has 1 aliphatic carbocycles. The molecule has 2 aliphatic heterocycles. The SMILES string of the molecule is C[C@H]1CCCC[C@@]12NC(=O)N(CC(=O)Nc1ccc(N3CCCCC3)cc1)C2=O. The monoisotopic (exact) mass is 398 g/mol. The lowest BCUT2D eigenvalue weighted by molar-refractivity contribution is -0.136. The molecule has 2 atom stereocenters. The third kappa shape index (κ3) is 3.82. The molecule has 1 aromatic rings. The van der Waals surface area contributed by atoms with Crippen LogP contribution in [0.3, 0.4) is 0 Å². The summed E-state index contributed by atoms with van der Waals surface area (Å²) >= 11 is 0. The van der Waals surface area contributed by atoms with Crippen LogP contribution in [0.2, 0.25) is 0 Å². The molecule has 1 spiro atoms. The van der Waals surface area contributed by atoms with Gasteiger partial charge in [0.2, 0.25) is 5.91 Å². The van der Waals surface area contributed by atoms with Crippen LogP contribution in [0.1, 0.15) is 51.9 Å². The van der Waals surface area contributed by atoms with Crippen molar-refractivity contribution in [1.29, 1.82) is 0 Å². The standard InChI is InChI=1S/C22H30N4O3/c1-16-7-3-4-12-22(16)20(28)26(21(29)24-22)15-19(27)23-17-8-10-18(11-9-17)25-13-5-2-6-14-25/h8-11,16H,2-7,12-15H2,1H3,(H,23,27)(H,24,29)/t16-,22+/m0/s1. The molecule has 29 heavy (non-hydrogen) atoms. The number of carbonyl (C=O) groups excluding carboxylic acids is 3. The summed E-state index contributed by atoms with van der Waals surface area (Å²) in [6.45, 7) is 3.88. The Morgan fingerprint density at radius 1 is 1.10 bits per heavy atom. The second-order valence-electron chi connectivity index (χ2n) is 8.58. The van der Waals surface area contributed by atoms with Crippen molar-refractivity contribution in [3.8, 4) is 0 Å². The first-order valence-corrected chi connectivity index (χ1v) is 10.8. The molecular weight excluding hydrogens is 368 g/mol. The van der Waals surface area contributed by atoms with Crippen LogP contribution in [0.5, 0.6) is 0 Å². The molecule has 3 aliphatic rings. The molecule has 1 aromatic carbocycles. The largest absolute Gasteiger partial charge is 0.372 e. The molecule has 2 saturated heterocycles. The van der Waals surface area contributed by atoms with Crippen molar-refractivity contribution < 1.29 is 14.4 Å². The normalized spacial score (nSPS) is 27.3. The second-order valence-corrected chi connectivity index (χ2v) is 8.58. The summed E-state index contributed by atoms with van der Waals surface area (Å²) in [5.41, 5.74) is 1.000. The Labute approximate surface area is 171 Å². The molecule has 0 unspecified atom stereocenters. The highest BCUT2D eigenvalue weighted by Gasteiger charge is 2.55. The molecule has 4 amide bonds. The summed E-state index contributed by atoms with van der Waals surface area (Å²) in [6.07, 6.45) is 7.26. The minimum atomic E-state index is -0.828. The Balaban J connectivity index is 1.37. The van der Waals surface area contributed by atoms with Gasteiger partial charge in [-0.05, 0) is 62.3 Å². The summed E-state index contributed by atoms with van der Waals surface area (Å²) in [5, 5.41) is 5.70. The van der Waals surface area contributed by atoms with E-state index >= 15 is 0 Å². The van der Waals surface area contributed by atoms with Crippen molar-refractivity contribution in [3.05, 3.63) is 24.3 Å². The summed E-state index contributed by atoms with van der Waals surface area (Å²) in [4.78, 5) is 41.3. The lowest BCUT2D eigenvalue weighted by Crippen LogP contribution is -2.54. The molecule has 0 radical (unpaired) electrons. The number of amides is 4. The van der Waals surface area contributed by atoms with Crippen LogP contribution in [0, 0.1) is 5.92 Å². The Bertz CT molecular complexity index is 788. The number of piperidine rings is 1. The average molecular weight is 399 g/mol. The number of nitrogens with zero attached hydrogens (tertiary/aromatic N) is 2. The number of anilines is 2. The number of urea groups is 1. The molecule has 3 fully saturated rings. The van der Waals surface area contributed by atoms with Crippen molar-refractivity contribution in [2.45, 2.75) is 57.4 Å². The van der Waals surface area contributed by atoms with Crippen LogP contribution < -0.4 is 15.5 Å². The first-order chi connectivity index (χ1) is 14.0. The van der Waals surface area contributed by atoms with Gasteiger partial charge in [-0.25, -0.2) is 4.79 Å². The van der Waals surface area contributed by atoms with E-state index in [1.54, 1.807) is 0 Å². The van der Waals surface area contributed by atoms with Crippen LogP contribution in [-0.2, 0) is 9.59 Å². The lowest BCUT2D eigenvalue weighted by Gasteiger charge is -2.36. The van der Waals surface area contributed by atoms with Crippen molar-refractivity contribution in [1.82, 2.24) is 10.2 Å². The molecule has 0 aromatic heterocycles. The molecule has 1 saturated carbocycles. The summed E-state index contributed by atoms with van der Waals surface area (Å²) < 4.78 is 0. The van der Waals surface area contributed by atoms with Crippen molar-refractivity contribution in [2.75, 3.05) is 29.9 Å². The Hall–Kier alpha value is -2.57. The van der Waals surface area contributed by atoms with Gasteiger partial charge in [0.05, 0.1) is 0 Å². The van der Waals surface area contributed by atoms with E-state index < -0.39 is 11.6 Å². The highest BCUT2D eigenvalue weighted by Crippen LogP contribution is 2.38. The predicted molar refractivity (Wildman–Crippen MR) is 112 cm³/mol. The van der Waals surface area contributed by atoms with Crippen LogP contribution in [-0.4, -0.2) is 47.9 Å². The van der Waals surface area contributed by atoms with Gasteiger partial charge in [-0.2, -0.15) is 0 Å². The third-order valence-electron chi connectivity index (χ3n) is 6.68. The quantitative estimate of drug-likeness (QED) is 0.764. The zero-order valence-electron chi connectivity index (χ0n) is 17.1. The minimum Gasteiger partial charge on any atom is -0.372 e.